The van der Waals surface area contributed by atoms with Gasteiger partial charge in [-0.25, -0.2) is 9.37 Å². The number of nitrogens with zero attached hydrogens (tertiary/aromatic N) is 2. The summed E-state index contributed by atoms with van der Waals surface area (Å²) in [6, 6.07) is 17.2. The predicted molar refractivity (Wildman–Crippen MR) is 122 cm³/mol. The van der Waals surface area contributed by atoms with E-state index in [1.165, 1.54) is 24.4 Å². The SMILES string of the molecule is C[C@@]1(c2cc(NC(=O)c3ccc(Cl)cn3)ccc2F)CO[C@H](Cc2ccccc2)C(N)=N1. The van der Waals surface area contributed by atoms with E-state index in [1.807, 2.05) is 30.3 Å². The fourth-order valence-electron chi connectivity index (χ4n) is 3.59. The molecule has 0 radical (unpaired) electrons. The van der Waals surface area contributed by atoms with Crippen LogP contribution in [0.1, 0.15) is 28.5 Å². The van der Waals surface area contributed by atoms with Crippen LogP contribution in [0.2, 0.25) is 5.02 Å². The van der Waals surface area contributed by atoms with Crippen molar-refractivity contribution in [1.82, 2.24) is 4.98 Å². The Bertz CT molecular complexity index is 1150. The van der Waals surface area contributed by atoms with Gasteiger partial charge in [-0.2, -0.15) is 0 Å². The van der Waals surface area contributed by atoms with E-state index >= 15 is 0 Å². The fraction of sp³-hybridized carbons (Fsp3) is 0.208. The predicted octanol–water partition coefficient (Wildman–Crippen LogP) is 4.34. The zero-order valence-corrected chi connectivity index (χ0v) is 18.1. The minimum Gasteiger partial charge on any atom is -0.385 e. The van der Waals surface area contributed by atoms with E-state index in [-0.39, 0.29) is 24.0 Å². The Hall–Kier alpha value is -3.29. The normalized spacial score (nSPS) is 20.5. The number of pyridine rings is 1. The molecule has 0 saturated carbocycles. The van der Waals surface area contributed by atoms with Crippen molar-refractivity contribution in [2.75, 3.05) is 11.9 Å². The van der Waals surface area contributed by atoms with Gasteiger partial charge in [0.25, 0.3) is 5.91 Å². The van der Waals surface area contributed by atoms with E-state index in [4.69, 9.17) is 22.1 Å². The number of carbonyl (C=O) groups excluding carboxylic acids is 1. The summed E-state index contributed by atoms with van der Waals surface area (Å²) in [5, 5.41) is 3.15. The molecule has 2 aromatic carbocycles. The van der Waals surface area contributed by atoms with Gasteiger partial charge >= 0.3 is 0 Å². The number of carbonyl (C=O) groups is 1. The average Bonchev–Trinajstić information content (AvgIpc) is 2.78. The van der Waals surface area contributed by atoms with Gasteiger partial charge in [-0.3, -0.25) is 9.79 Å². The number of aromatic nitrogens is 1. The number of ether oxygens (including phenoxy) is 1. The van der Waals surface area contributed by atoms with Gasteiger partial charge in [-0.15, -0.1) is 0 Å². The van der Waals surface area contributed by atoms with Crippen LogP contribution in [0.4, 0.5) is 10.1 Å². The number of aliphatic imine (C=N–C) groups is 1. The van der Waals surface area contributed by atoms with E-state index in [1.54, 1.807) is 19.1 Å². The van der Waals surface area contributed by atoms with Crippen molar-refractivity contribution >= 4 is 29.0 Å². The molecule has 4 rings (SSSR count). The standard InChI is InChI=1S/C24H22ClFN4O2/c1-24(14-32-21(22(27)30-24)11-15-5-3-2-4-6-15)18-12-17(8-9-19(18)26)29-23(31)20-10-7-16(25)13-28-20/h2-10,12-13,21H,11,14H2,1H3,(H2,27,30)(H,29,31)/t21-,24+/m1/s1. The number of hydrogen-bond donors (Lipinski definition) is 2. The van der Waals surface area contributed by atoms with Gasteiger partial charge in [-0.1, -0.05) is 41.9 Å². The van der Waals surface area contributed by atoms with Crippen LogP contribution in [0, 0.1) is 5.82 Å². The lowest BCUT2D eigenvalue weighted by atomic mass is 9.90. The molecule has 2 atom stereocenters. The lowest BCUT2D eigenvalue weighted by Crippen LogP contribution is -2.45. The van der Waals surface area contributed by atoms with Crippen molar-refractivity contribution in [2.24, 2.45) is 10.7 Å². The Morgan fingerprint density at radius 3 is 2.72 bits per heavy atom. The van der Waals surface area contributed by atoms with Crippen molar-refractivity contribution in [2.45, 2.75) is 25.0 Å². The largest absolute Gasteiger partial charge is 0.385 e. The van der Waals surface area contributed by atoms with E-state index in [0.717, 1.165) is 5.56 Å². The van der Waals surface area contributed by atoms with Crippen molar-refractivity contribution in [1.29, 1.82) is 0 Å². The number of nitrogens with two attached hydrogens (primary N) is 1. The van der Waals surface area contributed by atoms with Crippen molar-refractivity contribution in [3.8, 4) is 0 Å². The summed E-state index contributed by atoms with van der Waals surface area (Å²) in [5.74, 6) is -0.589. The lowest BCUT2D eigenvalue weighted by molar-refractivity contribution is 0.0445. The first kappa shape index (κ1) is 21.9. The van der Waals surface area contributed by atoms with E-state index < -0.39 is 17.3 Å². The van der Waals surface area contributed by atoms with Gasteiger partial charge in [-0.05, 0) is 42.8 Å². The molecule has 8 heteroatoms. The van der Waals surface area contributed by atoms with Crippen LogP contribution in [-0.2, 0) is 16.7 Å². The summed E-state index contributed by atoms with van der Waals surface area (Å²) in [6.45, 7) is 1.90. The smallest absolute Gasteiger partial charge is 0.274 e. The lowest BCUT2D eigenvalue weighted by Gasteiger charge is -2.34. The van der Waals surface area contributed by atoms with Crippen LogP contribution in [0.5, 0.6) is 0 Å². The van der Waals surface area contributed by atoms with E-state index in [2.05, 4.69) is 15.3 Å². The zero-order chi connectivity index (χ0) is 22.7. The first-order valence-corrected chi connectivity index (χ1v) is 10.5. The summed E-state index contributed by atoms with van der Waals surface area (Å²) in [4.78, 5) is 21.1. The minimum absolute atomic E-state index is 0.151. The second kappa shape index (κ2) is 9.06. The van der Waals surface area contributed by atoms with Crippen LogP contribution in [0.3, 0.4) is 0 Å². The molecule has 1 amide bonds. The Labute approximate surface area is 190 Å². The second-order valence-electron chi connectivity index (χ2n) is 7.81. The number of halogens is 2. The molecule has 0 fully saturated rings. The maximum Gasteiger partial charge on any atom is 0.274 e. The number of hydrogen-bond acceptors (Lipinski definition) is 5. The maximum atomic E-state index is 14.8. The third-order valence-electron chi connectivity index (χ3n) is 5.30. The van der Waals surface area contributed by atoms with Gasteiger partial charge in [0.15, 0.2) is 0 Å². The van der Waals surface area contributed by atoms with E-state index in [9.17, 15) is 9.18 Å². The molecule has 1 aliphatic heterocycles. The second-order valence-corrected chi connectivity index (χ2v) is 8.25. The maximum absolute atomic E-state index is 14.8. The molecular formula is C24H22ClFN4O2. The van der Waals surface area contributed by atoms with Gasteiger partial charge in [0, 0.05) is 23.9 Å². The van der Waals surface area contributed by atoms with Crippen molar-refractivity contribution in [3.05, 3.63) is 94.5 Å². The van der Waals surface area contributed by atoms with Gasteiger partial charge < -0.3 is 15.8 Å². The summed E-state index contributed by atoms with van der Waals surface area (Å²) in [6.07, 6.45) is 1.59. The topological polar surface area (TPSA) is 89.6 Å². The summed E-state index contributed by atoms with van der Waals surface area (Å²) >= 11 is 5.81. The van der Waals surface area contributed by atoms with Crippen LogP contribution < -0.4 is 11.1 Å². The first-order valence-electron chi connectivity index (χ1n) is 10.1. The molecule has 0 saturated heterocycles. The van der Waals surface area contributed by atoms with Crippen LogP contribution >= 0.6 is 11.6 Å². The van der Waals surface area contributed by atoms with Crippen LogP contribution in [0.15, 0.2) is 71.9 Å². The van der Waals surface area contributed by atoms with Gasteiger partial charge in [0.05, 0.1) is 11.6 Å². The molecule has 6 nitrogen and oxygen atoms in total. The molecular weight excluding hydrogens is 431 g/mol. The molecule has 0 unspecified atom stereocenters. The Balaban J connectivity index is 1.55. The van der Waals surface area contributed by atoms with Crippen molar-refractivity contribution in [3.63, 3.8) is 0 Å². The third kappa shape index (κ3) is 4.79. The van der Waals surface area contributed by atoms with Crippen LogP contribution in [0.25, 0.3) is 0 Å². The highest BCUT2D eigenvalue weighted by Crippen LogP contribution is 2.33. The fourth-order valence-corrected chi connectivity index (χ4v) is 3.70. The molecule has 164 valence electrons. The molecule has 3 N–H and O–H groups in total. The highest BCUT2D eigenvalue weighted by Gasteiger charge is 2.36. The van der Waals surface area contributed by atoms with E-state index in [0.29, 0.717) is 23.0 Å². The highest BCUT2D eigenvalue weighted by atomic mass is 35.5. The number of nitrogens with one attached hydrogen (secondary N) is 1. The number of rotatable bonds is 5. The molecule has 0 bridgehead atoms. The highest BCUT2D eigenvalue weighted by molar-refractivity contribution is 6.30. The Morgan fingerprint density at radius 1 is 1.25 bits per heavy atom. The van der Waals surface area contributed by atoms with Crippen LogP contribution in [-0.4, -0.2) is 29.4 Å². The molecule has 2 heterocycles. The van der Waals surface area contributed by atoms with Crippen molar-refractivity contribution < 1.29 is 13.9 Å². The molecule has 0 spiro atoms. The number of amidine groups is 1. The molecule has 1 aliphatic rings. The summed E-state index contributed by atoms with van der Waals surface area (Å²) in [7, 11) is 0. The molecule has 0 aliphatic carbocycles. The quantitative estimate of drug-likeness (QED) is 0.602. The molecule has 1 aromatic heterocycles. The number of benzene rings is 2. The zero-order valence-electron chi connectivity index (χ0n) is 17.4. The third-order valence-corrected chi connectivity index (χ3v) is 5.52. The molecule has 3 aromatic rings. The summed E-state index contributed by atoms with van der Waals surface area (Å²) in [5.41, 5.74) is 7.14. The van der Waals surface area contributed by atoms with Gasteiger partial charge in [0.1, 0.15) is 29.0 Å². The monoisotopic (exact) mass is 452 g/mol. The summed E-state index contributed by atoms with van der Waals surface area (Å²) < 4.78 is 20.8. The number of anilines is 1. The Kier molecular flexibility index (Phi) is 6.21. The number of amides is 1. The molecule has 32 heavy (non-hydrogen) atoms. The average molecular weight is 453 g/mol. The first-order chi connectivity index (χ1) is 15.3. The Morgan fingerprint density at radius 2 is 2.03 bits per heavy atom. The minimum atomic E-state index is -1.03. The van der Waals surface area contributed by atoms with Gasteiger partial charge in [0.2, 0.25) is 0 Å².